The van der Waals surface area contributed by atoms with Gasteiger partial charge in [-0.15, -0.1) is 5.11 Å². The van der Waals surface area contributed by atoms with E-state index in [4.69, 9.17) is 9.85 Å². The minimum absolute atomic E-state index is 0.0641. The van der Waals surface area contributed by atoms with Gasteiger partial charge >= 0.3 is 0 Å². The summed E-state index contributed by atoms with van der Waals surface area (Å²) in [5.41, 5.74) is 4.99. The molecule has 3 aliphatic rings. The molecule has 6 nitrogen and oxygen atoms in total. The van der Waals surface area contributed by atoms with Gasteiger partial charge in [0.15, 0.2) is 11.5 Å². The zero-order chi connectivity index (χ0) is 24.3. The molecule has 4 rings (SSSR count). The maximum atomic E-state index is 11.7. The molecule has 2 aliphatic carbocycles. The van der Waals surface area contributed by atoms with Gasteiger partial charge in [0.1, 0.15) is 17.0 Å². The Labute approximate surface area is 204 Å². The van der Waals surface area contributed by atoms with E-state index in [1.54, 1.807) is 0 Å². The number of benzene rings is 1. The maximum absolute atomic E-state index is 11.7. The third kappa shape index (κ3) is 4.82. The third-order valence-corrected chi connectivity index (χ3v) is 7.43. The number of azo groups is 2. The molecule has 0 unspecified atom stereocenters. The number of phenolic OH excluding ortho intramolecular Hbond substituents is 1. The quantitative estimate of drug-likeness (QED) is 0.225. The van der Waals surface area contributed by atoms with Gasteiger partial charge in [0.05, 0.1) is 12.2 Å². The highest BCUT2D eigenvalue weighted by Gasteiger charge is 2.47. The first-order valence-corrected chi connectivity index (χ1v) is 13.1. The lowest BCUT2D eigenvalue weighted by atomic mass is 9.67. The van der Waals surface area contributed by atoms with Crippen molar-refractivity contribution in [2.24, 2.45) is 26.4 Å². The van der Waals surface area contributed by atoms with Crippen LogP contribution in [0.25, 0.3) is 0 Å². The number of rotatable bonds is 9. The average Bonchev–Trinajstić information content (AvgIpc) is 2.75. The lowest BCUT2D eigenvalue weighted by Crippen LogP contribution is -2.45. The average molecular weight is 465 g/mol. The van der Waals surface area contributed by atoms with E-state index in [2.05, 4.69) is 62.1 Å². The number of aromatic hydroxyl groups is 1. The number of nitrogens with zero attached hydrogens (tertiary/aromatic N) is 4. The summed E-state index contributed by atoms with van der Waals surface area (Å²) < 4.78 is 6.71. The number of ether oxygens (including phenoxy) is 1. The number of unbranched alkanes of at least 4 members (excludes halogenated alkanes) is 2. The summed E-state index contributed by atoms with van der Waals surface area (Å²) in [4.78, 5) is 0. The van der Waals surface area contributed by atoms with E-state index in [0.29, 0.717) is 18.0 Å². The highest BCUT2D eigenvalue weighted by atomic mass is 16.5. The van der Waals surface area contributed by atoms with Crippen molar-refractivity contribution in [3.8, 4) is 11.5 Å². The summed E-state index contributed by atoms with van der Waals surface area (Å²) in [5.74, 6) is 1.23. The molecule has 184 valence electrons. The van der Waals surface area contributed by atoms with Gasteiger partial charge < -0.3 is 9.84 Å². The van der Waals surface area contributed by atoms with Crippen molar-refractivity contribution in [2.45, 2.75) is 104 Å². The molecule has 0 amide bonds. The molecule has 1 aromatic carbocycles. The van der Waals surface area contributed by atoms with Crippen LogP contribution in [-0.4, -0.2) is 17.3 Å². The van der Waals surface area contributed by atoms with Crippen LogP contribution in [0.3, 0.4) is 0 Å². The number of hydrogen-bond donors (Lipinski definition) is 1. The third-order valence-electron chi connectivity index (χ3n) is 7.43. The van der Waals surface area contributed by atoms with Crippen molar-refractivity contribution in [3.05, 3.63) is 34.5 Å². The van der Waals surface area contributed by atoms with Crippen LogP contribution in [0.2, 0.25) is 0 Å². The first-order chi connectivity index (χ1) is 16.4. The summed E-state index contributed by atoms with van der Waals surface area (Å²) in [6.45, 7) is 11.4. The van der Waals surface area contributed by atoms with Crippen molar-refractivity contribution in [1.82, 2.24) is 0 Å². The van der Waals surface area contributed by atoms with E-state index >= 15 is 0 Å². The van der Waals surface area contributed by atoms with Gasteiger partial charge in [-0.3, -0.25) is 0 Å². The molecule has 1 aromatic rings. The van der Waals surface area contributed by atoms with Crippen LogP contribution in [0.15, 0.2) is 43.9 Å². The molecule has 2 atom stereocenters. The zero-order valence-corrected chi connectivity index (χ0v) is 21.5. The van der Waals surface area contributed by atoms with E-state index in [-0.39, 0.29) is 23.2 Å². The van der Waals surface area contributed by atoms with E-state index in [9.17, 15) is 5.11 Å². The topological polar surface area (TPSA) is 78.9 Å². The SMILES string of the molecule is CCCCCc1c(N=NCCC)c(O)c2c(c1N=NC1=CCC1)OC(C)(C)[C@@H]1CCC(C)=C[C@@H]21. The zero-order valence-electron chi connectivity index (χ0n) is 21.5. The Hall–Kier alpha value is -2.50. The van der Waals surface area contributed by atoms with Crippen LogP contribution in [0, 0.1) is 5.92 Å². The van der Waals surface area contributed by atoms with Crippen molar-refractivity contribution >= 4 is 11.4 Å². The fourth-order valence-electron chi connectivity index (χ4n) is 5.34. The Kier molecular flexibility index (Phi) is 7.54. The van der Waals surface area contributed by atoms with Crippen molar-refractivity contribution in [2.75, 3.05) is 6.54 Å². The molecular weight excluding hydrogens is 424 g/mol. The highest BCUT2D eigenvalue weighted by molar-refractivity contribution is 5.78. The summed E-state index contributed by atoms with van der Waals surface area (Å²) in [5, 5.41) is 30.0. The molecule has 34 heavy (non-hydrogen) atoms. The number of fused-ring (bicyclic) bond motifs is 3. The highest BCUT2D eigenvalue weighted by Crippen LogP contribution is 2.60. The van der Waals surface area contributed by atoms with Crippen molar-refractivity contribution in [1.29, 1.82) is 0 Å². The lowest BCUT2D eigenvalue weighted by Gasteiger charge is -2.47. The van der Waals surface area contributed by atoms with Crippen LogP contribution in [-0.2, 0) is 6.42 Å². The van der Waals surface area contributed by atoms with Gasteiger partial charge in [-0.2, -0.15) is 15.3 Å². The molecule has 1 heterocycles. The number of allylic oxidation sites excluding steroid dienone is 4. The first kappa shape index (κ1) is 24.6. The van der Waals surface area contributed by atoms with E-state index in [1.807, 2.05) is 0 Å². The number of phenols is 1. The number of hydrogen-bond acceptors (Lipinski definition) is 6. The smallest absolute Gasteiger partial charge is 0.155 e. The Morgan fingerprint density at radius 2 is 1.85 bits per heavy atom. The second-order valence-corrected chi connectivity index (χ2v) is 10.5. The molecule has 1 N–H and O–H groups in total. The predicted octanol–water partition coefficient (Wildman–Crippen LogP) is 8.99. The van der Waals surface area contributed by atoms with E-state index in [1.165, 1.54) is 5.57 Å². The predicted molar refractivity (Wildman–Crippen MR) is 137 cm³/mol. The van der Waals surface area contributed by atoms with E-state index in [0.717, 1.165) is 80.3 Å². The van der Waals surface area contributed by atoms with Crippen molar-refractivity contribution < 1.29 is 9.84 Å². The van der Waals surface area contributed by atoms with Crippen LogP contribution in [0.1, 0.15) is 103 Å². The lowest BCUT2D eigenvalue weighted by molar-refractivity contribution is 0.0113. The van der Waals surface area contributed by atoms with Crippen LogP contribution >= 0.6 is 0 Å². The molecule has 6 heteroatoms. The largest absolute Gasteiger partial charge is 0.505 e. The Balaban J connectivity index is 1.96. The van der Waals surface area contributed by atoms with Gasteiger partial charge in [-0.1, -0.05) is 44.4 Å². The molecule has 0 saturated heterocycles. The molecule has 0 saturated carbocycles. The van der Waals surface area contributed by atoms with Gasteiger partial charge in [0.25, 0.3) is 0 Å². The van der Waals surface area contributed by atoms with Crippen LogP contribution in [0.5, 0.6) is 11.5 Å². The Bertz CT molecular complexity index is 1040. The molecule has 0 spiro atoms. The molecule has 0 fully saturated rings. The molecular formula is C28H40N4O2. The second-order valence-electron chi connectivity index (χ2n) is 10.5. The van der Waals surface area contributed by atoms with Crippen LogP contribution < -0.4 is 4.74 Å². The van der Waals surface area contributed by atoms with Gasteiger partial charge in [-0.25, -0.2) is 0 Å². The molecule has 0 bridgehead atoms. The molecule has 1 aliphatic heterocycles. The summed E-state index contributed by atoms with van der Waals surface area (Å²) in [7, 11) is 0. The first-order valence-electron chi connectivity index (χ1n) is 13.1. The fourth-order valence-corrected chi connectivity index (χ4v) is 5.34. The minimum atomic E-state index is -0.368. The fraction of sp³-hybridized carbons (Fsp3) is 0.643. The summed E-state index contributed by atoms with van der Waals surface area (Å²) >= 11 is 0. The van der Waals surface area contributed by atoms with Crippen LogP contribution in [0.4, 0.5) is 11.4 Å². The molecule has 0 radical (unpaired) electrons. The minimum Gasteiger partial charge on any atom is -0.505 e. The Morgan fingerprint density at radius 1 is 1.06 bits per heavy atom. The monoisotopic (exact) mass is 464 g/mol. The van der Waals surface area contributed by atoms with E-state index < -0.39 is 0 Å². The summed E-state index contributed by atoms with van der Waals surface area (Å²) in [6.07, 6.45) is 13.4. The standard InChI is InChI=1S/C28H40N4O2/c1-6-8-9-13-20-24(31-29-16-7-2)26(33)23-21-17-18(3)14-15-22(21)28(4,5)34-27(23)25(20)32-30-19-11-10-12-19/h11,17,21-22,33H,6-10,12-16H2,1-5H3/t21-,22-/m1/s1. The van der Waals surface area contributed by atoms with Gasteiger partial charge in [-0.05, 0) is 65.7 Å². The van der Waals surface area contributed by atoms with Gasteiger partial charge in [0.2, 0.25) is 0 Å². The maximum Gasteiger partial charge on any atom is 0.155 e. The molecule has 0 aromatic heterocycles. The van der Waals surface area contributed by atoms with Crippen molar-refractivity contribution in [3.63, 3.8) is 0 Å². The Morgan fingerprint density at radius 3 is 2.53 bits per heavy atom. The second kappa shape index (κ2) is 10.4. The van der Waals surface area contributed by atoms with Gasteiger partial charge in [0, 0.05) is 23.0 Å². The summed E-state index contributed by atoms with van der Waals surface area (Å²) in [6, 6.07) is 0. The normalized spacial score (nSPS) is 23.2.